The average molecular weight is 314 g/mol. The molecule has 0 saturated heterocycles. The van der Waals surface area contributed by atoms with Crippen LogP contribution in [-0.2, 0) is 35.1 Å². The lowest BCUT2D eigenvalue weighted by molar-refractivity contribution is 0.684. The second-order valence-corrected chi connectivity index (χ2v) is 8.60. The zero-order valence-corrected chi connectivity index (χ0v) is 14.3. The Labute approximate surface area is 136 Å². The van der Waals surface area contributed by atoms with Crippen LogP contribution in [0.5, 0.6) is 0 Å². The average Bonchev–Trinajstić information content (AvgIpc) is 2.74. The topological polar surface area (TPSA) is 17.1 Å². The molecule has 1 unspecified atom stereocenters. The largest absolute Gasteiger partial charge is 0.259 e. The van der Waals surface area contributed by atoms with Crippen molar-refractivity contribution in [2.45, 2.75) is 75.7 Å². The van der Waals surface area contributed by atoms with Crippen molar-refractivity contribution in [3.05, 3.63) is 40.0 Å². The molecule has 0 fully saturated rings. The summed E-state index contributed by atoms with van der Waals surface area (Å²) in [5, 5.41) is 0. The third-order valence-electron chi connectivity index (χ3n) is 5.58. The Morgan fingerprint density at radius 1 is 0.773 bits per heavy atom. The van der Waals surface area contributed by atoms with Crippen LogP contribution in [0.25, 0.3) is 5.57 Å². The maximum atomic E-state index is 12.2. The first-order valence-corrected chi connectivity index (χ1v) is 10.5. The van der Waals surface area contributed by atoms with Gasteiger partial charge in [-0.25, -0.2) is 0 Å². The first kappa shape index (κ1) is 14.7. The van der Waals surface area contributed by atoms with Crippen molar-refractivity contribution < 1.29 is 4.21 Å². The fraction of sp³-hybridized carbons (Fsp3) is 0.600. The molecule has 4 rings (SSSR count). The molecule has 0 N–H and O–H groups in total. The normalized spacial score (nSPS) is 24.9. The van der Waals surface area contributed by atoms with Crippen LogP contribution >= 0.6 is 0 Å². The summed E-state index contributed by atoms with van der Waals surface area (Å²) in [6, 6.07) is 2.42. The van der Waals surface area contributed by atoms with Crippen LogP contribution in [0.1, 0.15) is 79.2 Å². The zero-order valence-electron chi connectivity index (χ0n) is 13.5. The van der Waals surface area contributed by atoms with E-state index < -0.39 is 10.8 Å². The minimum atomic E-state index is -0.670. The van der Waals surface area contributed by atoms with Gasteiger partial charge >= 0.3 is 0 Å². The standard InChI is InChI=1S/C20H26OS/c21-22-13-17-12-16-10-6-3-7-11-18(16)20(19(17)14-22)15-8-4-1-2-5-9-15/h8,12H,1-7,9-11,13-14H2. The number of benzene rings is 1. The fourth-order valence-electron chi connectivity index (χ4n) is 4.50. The summed E-state index contributed by atoms with van der Waals surface area (Å²) in [5.74, 6) is 1.60. The highest BCUT2D eigenvalue weighted by Crippen LogP contribution is 2.40. The molecule has 3 aliphatic rings. The molecule has 0 amide bonds. The Kier molecular flexibility index (Phi) is 4.21. The van der Waals surface area contributed by atoms with Crippen molar-refractivity contribution in [2.75, 3.05) is 0 Å². The minimum absolute atomic E-state index is 0.670. The van der Waals surface area contributed by atoms with E-state index in [0.29, 0.717) is 0 Å². The van der Waals surface area contributed by atoms with Gasteiger partial charge in [0.2, 0.25) is 0 Å². The minimum Gasteiger partial charge on any atom is -0.259 e. The van der Waals surface area contributed by atoms with Crippen LogP contribution in [0.4, 0.5) is 0 Å². The molecule has 0 aromatic heterocycles. The van der Waals surface area contributed by atoms with Gasteiger partial charge in [-0.15, -0.1) is 0 Å². The van der Waals surface area contributed by atoms with E-state index in [2.05, 4.69) is 12.1 Å². The maximum Gasteiger partial charge on any atom is 0.0498 e. The molecule has 0 radical (unpaired) electrons. The zero-order chi connectivity index (χ0) is 14.9. The lowest BCUT2D eigenvalue weighted by atomic mass is 9.85. The number of allylic oxidation sites excluding steroid dienone is 2. The Hall–Kier alpha value is -0.890. The molecule has 1 heterocycles. The molecule has 118 valence electrons. The lowest BCUT2D eigenvalue weighted by Gasteiger charge is -2.20. The molecule has 1 atom stereocenters. The molecule has 1 aromatic carbocycles. The maximum absolute atomic E-state index is 12.2. The Bertz CT molecular complexity index is 642. The van der Waals surface area contributed by atoms with Crippen LogP contribution in [0, 0.1) is 0 Å². The summed E-state index contributed by atoms with van der Waals surface area (Å²) in [6.45, 7) is 0. The van der Waals surface area contributed by atoms with Crippen LogP contribution in [0.3, 0.4) is 0 Å². The van der Waals surface area contributed by atoms with E-state index in [9.17, 15) is 4.21 Å². The summed E-state index contributed by atoms with van der Waals surface area (Å²) >= 11 is 0. The third-order valence-corrected chi connectivity index (χ3v) is 6.83. The van der Waals surface area contributed by atoms with E-state index in [-0.39, 0.29) is 0 Å². The molecule has 1 nitrogen and oxygen atoms in total. The van der Waals surface area contributed by atoms with E-state index in [1.54, 1.807) is 22.3 Å². The second kappa shape index (κ2) is 6.31. The number of aryl methyl sites for hydroxylation is 1. The molecule has 2 aliphatic carbocycles. The molecular weight excluding hydrogens is 288 g/mol. The van der Waals surface area contributed by atoms with Gasteiger partial charge in [0.1, 0.15) is 0 Å². The van der Waals surface area contributed by atoms with E-state index in [0.717, 1.165) is 11.5 Å². The van der Waals surface area contributed by atoms with Gasteiger partial charge in [0.25, 0.3) is 0 Å². The van der Waals surface area contributed by atoms with Crippen molar-refractivity contribution in [1.29, 1.82) is 0 Å². The Balaban J connectivity index is 1.89. The molecule has 0 spiro atoms. The lowest BCUT2D eigenvalue weighted by Crippen LogP contribution is -2.04. The predicted molar refractivity (Wildman–Crippen MR) is 94.3 cm³/mol. The Morgan fingerprint density at radius 3 is 2.55 bits per heavy atom. The summed E-state index contributed by atoms with van der Waals surface area (Å²) in [7, 11) is -0.670. The molecular formula is C20H26OS. The molecule has 2 heteroatoms. The van der Waals surface area contributed by atoms with Crippen LogP contribution in [0.2, 0.25) is 0 Å². The summed E-state index contributed by atoms with van der Waals surface area (Å²) in [6.07, 6.45) is 15.5. The van der Waals surface area contributed by atoms with Crippen LogP contribution in [-0.4, -0.2) is 4.21 Å². The number of hydrogen-bond acceptors (Lipinski definition) is 1. The number of fused-ring (bicyclic) bond motifs is 2. The van der Waals surface area contributed by atoms with Gasteiger partial charge in [-0.2, -0.15) is 0 Å². The molecule has 1 aliphatic heterocycles. The quantitative estimate of drug-likeness (QED) is 0.662. The van der Waals surface area contributed by atoms with Crippen molar-refractivity contribution in [3.63, 3.8) is 0 Å². The van der Waals surface area contributed by atoms with Gasteiger partial charge in [-0.3, -0.25) is 4.21 Å². The second-order valence-electron chi connectivity index (χ2n) is 7.14. The highest BCUT2D eigenvalue weighted by Gasteiger charge is 2.27. The van der Waals surface area contributed by atoms with Gasteiger partial charge in [-0.05, 0) is 84.8 Å². The summed E-state index contributed by atoms with van der Waals surface area (Å²) in [4.78, 5) is 0. The highest BCUT2D eigenvalue weighted by atomic mass is 32.2. The van der Waals surface area contributed by atoms with Gasteiger partial charge < -0.3 is 0 Å². The van der Waals surface area contributed by atoms with Crippen molar-refractivity contribution in [3.8, 4) is 0 Å². The van der Waals surface area contributed by atoms with Crippen molar-refractivity contribution in [1.82, 2.24) is 0 Å². The molecule has 1 aromatic rings. The summed E-state index contributed by atoms with van der Waals surface area (Å²) < 4.78 is 12.2. The molecule has 0 saturated carbocycles. The van der Waals surface area contributed by atoms with E-state index in [4.69, 9.17) is 0 Å². The van der Waals surface area contributed by atoms with E-state index in [1.807, 2.05) is 0 Å². The van der Waals surface area contributed by atoms with Crippen LogP contribution < -0.4 is 0 Å². The number of hydrogen-bond donors (Lipinski definition) is 0. The highest BCUT2D eigenvalue weighted by molar-refractivity contribution is 7.83. The van der Waals surface area contributed by atoms with Crippen molar-refractivity contribution in [2.24, 2.45) is 0 Å². The van der Waals surface area contributed by atoms with Gasteiger partial charge in [0, 0.05) is 22.3 Å². The summed E-state index contributed by atoms with van der Waals surface area (Å²) in [5.41, 5.74) is 9.21. The van der Waals surface area contributed by atoms with Gasteiger partial charge in [-0.1, -0.05) is 25.0 Å². The van der Waals surface area contributed by atoms with E-state index in [1.165, 1.54) is 75.3 Å². The molecule has 22 heavy (non-hydrogen) atoms. The van der Waals surface area contributed by atoms with Gasteiger partial charge in [0.15, 0.2) is 0 Å². The van der Waals surface area contributed by atoms with E-state index >= 15 is 0 Å². The van der Waals surface area contributed by atoms with Crippen LogP contribution in [0.15, 0.2) is 12.1 Å². The Morgan fingerprint density at radius 2 is 1.59 bits per heavy atom. The van der Waals surface area contributed by atoms with Crippen molar-refractivity contribution >= 4 is 16.4 Å². The fourth-order valence-corrected chi connectivity index (χ4v) is 5.86. The van der Waals surface area contributed by atoms with Gasteiger partial charge in [0.05, 0.1) is 0 Å². The smallest absolute Gasteiger partial charge is 0.0498 e. The molecule has 0 bridgehead atoms. The monoisotopic (exact) mass is 314 g/mol. The third kappa shape index (κ3) is 2.71. The number of rotatable bonds is 1. The SMILES string of the molecule is O=S1Cc2cc3c(c(C4=CCCCCC4)c2C1)CCCCC3. The first-order chi connectivity index (χ1) is 10.8. The predicted octanol–water partition coefficient (Wildman–Crippen LogP) is 5.07. The first-order valence-electron chi connectivity index (χ1n) is 9.04.